The average Bonchev–Trinajstić information content (AvgIpc) is 3.14. The van der Waals surface area contributed by atoms with Crippen LogP contribution in [0.3, 0.4) is 0 Å². The summed E-state index contributed by atoms with van der Waals surface area (Å²) < 4.78 is 6.66. The first-order chi connectivity index (χ1) is 11.9. The molecule has 0 spiro atoms. The third-order valence-electron chi connectivity index (χ3n) is 3.89. The smallest absolute Gasteiger partial charge is 0.310 e. The van der Waals surface area contributed by atoms with Crippen LogP contribution in [0.25, 0.3) is 5.69 Å². The third kappa shape index (κ3) is 4.93. The van der Waals surface area contributed by atoms with E-state index < -0.39 is 12.0 Å². The average molecular weight is 344 g/mol. The highest BCUT2D eigenvalue weighted by atomic mass is 16.5. The Labute approximate surface area is 147 Å². The number of aliphatic hydroxyl groups is 1. The second-order valence-electron chi connectivity index (χ2n) is 6.12. The van der Waals surface area contributed by atoms with Crippen LogP contribution in [0.5, 0.6) is 0 Å². The maximum absolute atomic E-state index is 12.8. The van der Waals surface area contributed by atoms with E-state index in [-0.39, 0.29) is 25.0 Å². The molecular formula is C19H24N2O4. The van der Waals surface area contributed by atoms with Gasteiger partial charge in [-0.25, -0.2) is 0 Å². The number of nitrogens with zero attached hydrogens (tertiary/aromatic N) is 2. The number of carbonyl (C=O) groups is 2. The molecule has 134 valence electrons. The number of ether oxygens (including phenoxy) is 1. The Morgan fingerprint density at radius 3 is 2.24 bits per heavy atom. The van der Waals surface area contributed by atoms with E-state index in [4.69, 9.17) is 4.74 Å². The summed E-state index contributed by atoms with van der Waals surface area (Å²) in [5.41, 5.74) is 1.46. The van der Waals surface area contributed by atoms with Gasteiger partial charge in [0.1, 0.15) is 0 Å². The van der Waals surface area contributed by atoms with Gasteiger partial charge in [0.25, 0.3) is 5.91 Å². The van der Waals surface area contributed by atoms with Crippen LogP contribution in [-0.4, -0.2) is 52.8 Å². The summed E-state index contributed by atoms with van der Waals surface area (Å²) in [5.74, 6) is -1.08. The number of aromatic nitrogens is 1. The van der Waals surface area contributed by atoms with Gasteiger partial charge in [-0.1, -0.05) is 6.92 Å². The van der Waals surface area contributed by atoms with Gasteiger partial charge >= 0.3 is 5.97 Å². The summed E-state index contributed by atoms with van der Waals surface area (Å²) in [5, 5.41) is 9.68. The van der Waals surface area contributed by atoms with Crippen LogP contribution in [0.15, 0.2) is 48.8 Å². The molecule has 25 heavy (non-hydrogen) atoms. The van der Waals surface area contributed by atoms with Gasteiger partial charge in [-0.05, 0) is 43.3 Å². The van der Waals surface area contributed by atoms with E-state index in [0.717, 1.165) is 5.69 Å². The van der Waals surface area contributed by atoms with Gasteiger partial charge < -0.3 is 19.3 Å². The minimum atomic E-state index is -0.687. The molecule has 0 fully saturated rings. The second-order valence-corrected chi connectivity index (χ2v) is 6.12. The van der Waals surface area contributed by atoms with Gasteiger partial charge in [-0.3, -0.25) is 9.59 Å². The van der Waals surface area contributed by atoms with Crippen LogP contribution in [0.2, 0.25) is 0 Å². The lowest BCUT2D eigenvalue weighted by atomic mass is 10.1. The van der Waals surface area contributed by atoms with Crippen LogP contribution in [0.1, 0.15) is 24.2 Å². The first-order valence-corrected chi connectivity index (χ1v) is 8.21. The van der Waals surface area contributed by atoms with Crippen molar-refractivity contribution < 1.29 is 19.4 Å². The zero-order chi connectivity index (χ0) is 18.4. The summed E-state index contributed by atoms with van der Waals surface area (Å²) in [4.78, 5) is 25.9. The largest absolute Gasteiger partial charge is 0.469 e. The third-order valence-corrected chi connectivity index (χ3v) is 3.89. The van der Waals surface area contributed by atoms with E-state index in [1.54, 1.807) is 26.0 Å². The zero-order valence-electron chi connectivity index (χ0n) is 14.8. The van der Waals surface area contributed by atoms with Crippen molar-refractivity contribution in [2.45, 2.75) is 20.0 Å². The fraction of sp³-hybridized carbons (Fsp3) is 0.368. The van der Waals surface area contributed by atoms with Crippen molar-refractivity contribution in [2.75, 3.05) is 20.2 Å². The Kier molecular flexibility index (Phi) is 6.36. The van der Waals surface area contributed by atoms with E-state index in [1.165, 1.54) is 12.0 Å². The fourth-order valence-electron chi connectivity index (χ4n) is 2.63. The summed E-state index contributed by atoms with van der Waals surface area (Å²) in [6.45, 7) is 3.65. The van der Waals surface area contributed by atoms with Gasteiger partial charge in [0.05, 0.1) is 19.1 Å². The molecule has 2 unspecified atom stereocenters. The Bertz CT molecular complexity index is 693. The van der Waals surface area contributed by atoms with Crippen LogP contribution in [-0.2, 0) is 9.53 Å². The van der Waals surface area contributed by atoms with Crippen molar-refractivity contribution in [2.24, 2.45) is 5.92 Å². The van der Waals surface area contributed by atoms with Crippen LogP contribution < -0.4 is 0 Å². The molecule has 6 heteroatoms. The van der Waals surface area contributed by atoms with E-state index in [2.05, 4.69) is 0 Å². The van der Waals surface area contributed by atoms with E-state index in [1.807, 2.05) is 41.2 Å². The van der Waals surface area contributed by atoms with E-state index >= 15 is 0 Å². The van der Waals surface area contributed by atoms with Crippen molar-refractivity contribution in [3.63, 3.8) is 0 Å². The van der Waals surface area contributed by atoms with Crippen molar-refractivity contribution in [3.05, 3.63) is 54.4 Å². The molecular weight excluding hydrogens is 320 g/mol. The quantitative estimate of drug-likeness (QED) is 0.781. The number of benzene rings is 1. The Morgan fingerprint density at radius 2 is 1.72 bits per heavy atom. The minimum Gasteiger partial charge on any atom is -0.469 e. The first kappa shape index (κ1) is 18.7. The highest BCUT2D eigenvalue weighted by Crippen LogP contribution is 2.14. The van der Waals surface area contributed by atoms with Gasteiger partial charge in [0.15, 0.2) is 0 Å². The highest BCUT2D eigenvalue weighted by Gasteiger charge is 2.23. The van der Waals surface area contributed by atoms with E-state index in [9.17, 15) is 14.7 Å². The molecule has 1 aromatic carbocycles. The molecule has 0 aliphatic carbocycles. The Hall–Kier alpha value is -2.60. The lowest BCUT2D eigenvalue weighted by molar-refractivity contribution is -0.145. The summed E-state index contributed by atoms with van der Waals surface area (Å²) in [6, 6.07) is 11.1. The molecule has 6 nitrogen and oxygen atoms in total. The van der Waals surface area contributed by atoms with Crippen molar-refractivity contribution >= 4 is 11.9 Å². The summed E-state index contributed by atoms with van der Waals surface area (Å²) >= 11 is 0. The molecule has 0 radical (unpaired) electrons. The highest BCUT2D eigenvalue weighted by molar-refractivity contribution is 5.94. The maximum Gasteiger partial charge on any atom is 0.310 e. The number of carbonyl (C=O) groups excluding carboxylic acids is 2. The maximum atomic E-state index is 12.8. The predicted octanol–water partition coefficient (Wildman–Crippen LogP) is 2.11. The molecule has 0 aliphatic rings. The molecule has 1 heterocycles. The number of hydrogen-bond donors (Lipinski definition) is 1. The van der Waals surface area contributed by atoms with Crippen molar-refractivity contribution in [3.8, 4) is 5.69 Å². The molecule has 0 aliphatic heterocycles. The zero-order valence-corrected chi connectivity index (χ0v) is 14.8. The second kappa shape index (κ2) is 8.48. The molecule has 2 aromatic rings. The van der Waals surface area contributed by atoms with Gasteiger partial charge in [-0.2, -0.15) is 0 Å². The molecule has 0 saturated carbocycles. The lowest BCUT2D eigenvalue weighted by Crippen LogP contribution is -2.41. The Morgan fingerprint density at radius 1 is 1.12 bits per heavy atom. The van der Waals surface area contributed by atoms with Crippen molar-refractivity contribution in [1.82, 2.24) is 9.47 Å². The standard InChI is InChI=1S/C19H24N2O4/c1-14(19(24)25-3)12-21(13-15(2)22)18(23)16-6-8-17(9-7-16)20-10-4-5-11-20/h4-11,14-15,22H,12-13H2,1-3H3. The summed E-state index contributed by atoms with van der Waals surface area (Å²) in [6.07, 6.45) is 3.16. The topological polar surface area (TPSA) is 71.8 Å². The van der Waals surface area contributed by atoms with Gasteiger partial charge in [-0.15, -0.1) is 0 Å². The summed E-state index contributed by atoms with van der Waals surface area (Å²) in [7, 11) is 1.32. The fourth-order valence-corrected chi connectivity index (χ4v) is 2.63. The number of methoxy groups -OCH3 is 1. The molecule has 0 bridgehead atoms. The monoisotopic (exact) mass is 344 g/mol. The van der Waals surface area contributed by atoms with E-state index in [0.29, 0.717) is 5.56 Å². The lowest BCUT2D eigenvalue weighted by Gasteiger charge is -2.26. The Balaban J connectivity index is 2.16. The van der Waals surface area contributed by atoms with Gasteiger partial charge in [0.2, 0.25) is 0 Å². The number of hydrogen-bond acceptors (Lipinski definition) is 4. The molecule has 2 atom stereocenters. The van der Waals surface area contributed by atoms with Crippen LogP contribution in [0.4, 0.5) is 0 Å². The number of esters is 1. The van der Waals surface area contributed by atoms with Crippen LogP contribution >= 0.6 is 0 Å². The molecule has 1 N–H and O–H groups in total. The van der Waals surface area contributed by atoms with Crippen LogP contribution in [0, 0.1) is 5.92 Å². The molecule has 0 saturated heterocycles. The predicted molar refractivity (Wildman–Crippen MR) is 94.5 cm³/mol. The molecule has 1 aromatic heterocycles. The molecule has 1 amide bonds. The number of aliphatic hydroxyl groups excluding tert-OH is 1. The normalized spacial score (nSPS) is 13.1. The number of amides is 1. The molecule has 2 rings (SSSR count). The SMILES string of the molecule is COC(=O)C(C)CN(CC(C)O)C(=O)c1ccc(-n2cccc2)cc1. The van der Waals surface area contributed by atoms with Crippen molar-refractivity contribution in [1.29, 1.82) is 0 Å². The first-order valence-electron chi connectivity index (χ1n) is 8.21. The van der Waals surface area contributed by atoms with Gasteiger partial charge in [0, 0.05) is 36.7 Å². The number of rotatable bonds is 7. The minimum absolute atomic E-state index is 0.152.